The number of unbranched alkanes of at least 4 members (excludes halogenated alkanes) is 4. The summed E-state index contributed by atoms with van der Waals surface area (Å²) in [6.45, 7) is 7.24. The van der Waals surface area contributed by atoms with E-state index in [1.807, 2.05) is 48.5 Å². The van der Waals surface area contributed by atoms with Crippen LogP contribution in [0.2, 0.25) is 0 Å². The first-order valence-corrected chi connectivity index (χ1v) is 10.2. The van der Waals surface area contributed by atoms with Crippen molar-refractivity contribution in [1.29, 1.82) is 0 Å². The van der Waals surface area contributed by atoms with Gasteiger partial charge in [-0.3, -0.25) is 4.79 Å². The van der Waals surface area contributed by atoms with Crippen LogP contribution in [0.25, 0.3) is 0 Å². The molecule has 4 nitrogen and oxygen atoms in total. The van der Waals surface area contributed by atoms with Crippen LogP contribution < -0.4 is 10.1 Å². The van der Waals surface area contributed by atoms with E-state index in [1.54, 1.807) is 11.0 Å². The Morgan fingerprint density at radius 2 is 1.93 bits per heavy atom. The normalized spacial score (nSPS) is 15.7. The number of hydrogen-bond acceptors (Lipinski definition) is 3. The maximum Gasteiger partial charge on any atom is 0.258 e. The minimum absolute atomic E-state index is 0.0153. The quantitative estimate of drug-likeness (QED) is 0.420. The molecule has 1 unspecified atom stereocenters. The molecule has 0 saturated carbocycles. The fourth-order valence-corrected chi connectivity index (χ4v) is 3.55. The van der Waals surface area contributed by atoms with E-state index in [0.717, 1.165) is 30.0 Å². The molecular formula is C24H30N2O2. The van der Waals surface area contributed by atoms with Crippen molar-refractivity contribution in [3.63, 3.8) is 0 Å². The maximum atomic E-state index is 13.0. The van der Waals surface area contributed by atoms with Gasteiger partial charge in [0.15, 0.2) is 0 Å². The Labute approximate surface area is 168 Å². The van der Waals surface area contributed by atoms with Gasteiger partial charge in [0.05, 0.1) is 12.2 Å². The van der Waals surface area contributed by atoms with Gasteiger partial charge in [-0.05, 0) is 36.2 Å². The van der Waals surface area contributed by atoms with Crippen molar-refractivity contribution in [3.8, 4) is 5.75 Å². The van der Waals surface area contributed by atoms with Gasteiger partial charge in [-0.2, -0.15) is 0 Å². The molecule has 0 bridgehead atoms. The molecule has 1 amide bonds. The smallest absolute Gasteiger partial charge is 0.258 e. The van der Waals surface area contributed by atoms with Crippen LogP contribution in [0.4, 0.5) is 5.69 Å². The van der Waals surface area contributed by atoms with E-state index in [4.69, 9.17) is 4.74 Å². The van der Waals surface area contributed by atoms with Crippen LogP contribution >= 0.6 is 0 Å². The first-order valence-electron chi connectivity index (χ1n) is 10.2. The molecule has 4 heteroatoms. The third kappa shape index (κ3) is 4.75. The van der Waals surface area contributed by atoms with Gasteiger partial charge in [-0.25, -0.2) is 0 Å². The van der Waals surface area contributed by atoms with E-state index in [-0.39, 0.29) is 12.1 Å². The van der Waals surface area contributed by atoms with Crippen LogP contribution in [0.5, 0.6) is 5.75 Å². The standard InChI is InChI=1S/C24H30N2O2/c1-3-5-6-7-10-17-28-20-13-11-12-19(18-20)23-25-22-15-9-8-14-21(22)24(27)26(23)16-4-2/h4,8-9,11-15,18,23,25H,2-3,5-7,10,16-17H2,1H3. The Balaban J connectivity index is 1.72. The summed E-state index contributed by atoms with van der Waals surface area (Å²) in [5.74, 6) is 0.862. The van der Waals surface area contributed by atoms with Gasteiger partial charge in [-0.1, -0.05) is 62.9 Å². The number of nitrogens with zero attached hydrogens (tertiary/aromatic N) is 1. The molecule has 1 heterocycles. The number of para-hydroxylation sites is 1. The summed E-state index contributed by atoms with van der Waals surface area (Å²) in [6.07, 6.45) is 7.60. The van der Waals surface area contributed by atoms with Gasteiger partial charge in [0.25, 0.3) is 5.91 Å². The fourth-order valence-electron chi connectivity index (χ4n) is 3.55. The van der Waals surface area contributed by atoms with Crippen molar-refractivity contribution in [2.24, 2.45) is 0 Å². The molecule has 0 radical (unpaired) electrons. The van der Waals surface area contributed by atoms with E-state index >= 15 is 0 Å². The Morgan fingerprint density at radius 1 is 1.11 bits per heavy atom. The molecule has 1 N–H and O–H groups in total. The summed E-state index contributed by atoms with van der Waals surface area (Å²) >= 11 is 0. The molecule has 0 fully saturated rings. The summed E-state index contributed by atoms with van der Waals surface area (Å²) in [6, 6.07) is 15.7. The van der Waals surface area contributed by atoms with Crippen molar-refractivity contribution < 1.29 is 9.53 Å². The average molecular weight is 379 g/mol. The molecule has 148 valence electrons. The molecule has 0 saturated heterocycles. The Bertz CT molecular complexity index is 803. The van der Waals surface area contributed by atoms with E-state index in [9.17, 15) is 4.79 Å². The molecule has 2 aromatic rings. The van der Waals surface area contributed by atoms with Gasteiger partial charge >= 0.3 is 0 Å². The molecule has 3 rings (SSSR count). The third-order valence-corrected chi connectivity index (χ3v) is 5.04. The van der Waals surface area contributed by atoms with Crippen molar-refractivity contribution >= 4 is 11.6 Å². The highest BCUT2D eigenvalue weighted by Crippen LogP contribution is 2.34. The monoisotopic (exact) mass is 378 g/mol. The molecule has 1 aliphatic heterocycles. The van der Waals surface area contributed by atoms with Crippen LogP contribution in [-0.4, -0.2) is 24.0 Å². The number of anilines is 1. The predicted octanol–water partition coefficient (Wildman–Crippen LogP) is 5.79. The van der Waals surface area contributed by atoms with Crippen LogP contribution in [0.3, 0.4) is 0 Å². The van der Waals surface area contributed by atoms with Crippen LogP contribution in [0.1, 0.15) is 61.1 Å². The second-order valence-electron chi connectivity index (χ2n) is 7.17. The highest BCUT2D eigenvalue weighted by atomic mass is 16.5. The first kappa shape index (κ1) is 20.0. The number of carbonyl (C=O) groups is 1. The zero-order chi connectivity index (χ0) is 19.8. The van der Waals surface area contributed by atoms with Crippen molar-refractivity contribution in [3.05, 3.63) is 72.3 Å². The van der Waals surface area contributed by atoms with Gasteiger partial charge in [0, 0.05) is 12.2 Å². The largest absolute Gasteiger partial charge is 0.494 e. The Kier molecular flexibility index (Phi) is 7.12. The number of rotatable bonds is 10. The summed E-state index contributed by atoms with van der Waals surface area (Å²) in [5, 5.41) is 3.50. The van der Waals surface area contributed by atoms with Gasteiger partial charge < -0.3 is 15.0 Å². The summed E-state index contributed by atoms with van der Waals surface area (Å²) in [7, 11) is 0. The van der Waals surface area contributed by atoms with Gasteiger partial charge in [0.1, 0.15) is 11.9 Å². The summed E-state index contributed by atoms with van der Waals surface area (Å²) in [5.41, 5.74) is 2.56. The van der Waals surface area contributed by atoms with E-state index in [1.165, 1.54) is 25.7 Å². The van der Waals surface area contributed by atoms with E-state index < -0.39 is 0 Å². The number of hydrogen-bond donors (Lipinski definition) is 1. The molecule has 28 heavy (non-hydrogen) atoms. The lowest BCUT2D eigenvalue weighted by atomic mass is 10.0. The van der Waals surface area contributed by atoms with Gasteiger partial charge in [0.2, 0.25) is 0 Å². The van der Waals surface area contributed by atoms with E-state index in [0.29, 0.717) is 12.1 Å². The zero-order valence-corrected chi connectivity index (χ0v) is 16.7. The lowest BCUT2D eigenvalue weighted by Gasteiger charge is -2.37. The molecule has 2 aromatic carbocycles. The number of ether oxygens (including phenoxy) is 1. The Hall–Kier alpha value is -2.75. The summed E-state index contributed by atoms with van der Waals surface area (Å²) in [4.78, 5) is 14.8. The number of fused-ring (bicyclic) bond motifs is 1. The fraction of sp³-hybridized carbons (Fsp3) is 0.375. The maximum absolute atomic E-state index is 13.0. The highest BCUT2D eigenvalue weighted by molar-refractivity contribution is 6.01. The first-order chi connectivity index (χ1) is 13.7. The highest BCUT2D eigenvalue weighted by Gasteiger charge is 2.32. The molecule has 0 aliphatic carbocycles. The minimum Gasteiger partial charge on any atom is -0.494 e. The second kappa shape index (κ2) is 9.98. The van der Waals surface area contributed by atoms with Crippen LogP contribution in [-0.2, 0) is 0 Å². The SMILES string of the molecule is C=CCN1C(=O)c2ccccc2NC1c1cccc(OCCCCCCC)c1. The van der Waals surface area contributed by atoms with Gasteiger partial charge in [-0.15, -0.1) is 6.58 Å². The zero-order valence-electron chi connectivity index (χ0n) is 16.7. The van der Waals surface area contributed by atoms with Crippen LogP contribution in [0.15, 0.2) is 61.2 Å². The summed E-state index contributed by atoms with van der Waals surface area (Å²) < 4.78 is 5.96. The number of nitrogens with one attached hydrogen (secondary N) is 1. The molecule has 1 atom stereocenters. The molecule has 0 spiro atoms. The molecular weight excluding hydrogens is 348 g/mol. The second-order valence-corrected chi connectivity index (χ2v) is 7.17. The lowest BCUT2D eigenvalue weighted by molar-refractivity contribution is 0.0707. The number of benzene rings is 2. The topological polar surface area (TPSA) is 41.6 Å². The predicted molar refractivity (Wildman–Crippen MR) is 115 cm³/mol. The minimum atomic E-state index is -0.242. The van der Waals surface area contributed by atoms with Crippen molar-refractivity contribution in [2.75, 3.05) is 18.5 Å². The number of carbonyl (C=O) groups excluding carboxylic acids is 1. The molecule has 1 aliphatic rings. The lowest BCUT2D eigenvalue weighted by Crippen LogP contribution is -2.42. The third-order valence-electron chi connectivity index (χ3n) is 5.04. The van der Waals surface area contributed by atoms with E-state index in [2.05, 4.69) is 18.8 Å². The average Bonchev–Trinajstić information content (AvgIpc) is 2.73. The molecule has 0 aromatic heterocycles. The van der Waals surface area contributed by atoms with Crippen LogP contribution in [0, 0.1) is 0 Å². The number of amides is 1. The van der Waals surface area contributed by atoms with Crippen molar-refractivity contribution in [2.45, 2.75) is 45.2 Å². The van der Waals surface area contributed by atoms with Crippen molar-refractivity contribution in [1.82, 2.24) is 4.90 Å². The Morgan fingerprint density at radius 3 is 2.75 bits per heavy atom.